The number of imidazole rings is 1. The Bertz CT molecular complexity index is 734. The molecule has 0 saturated carbocycles. The summed E-state index contributed by atoms with van der Waals surface area (Å²) in [4.78, 5) is 28.4. The Kier molecular flexibility index (Phi) is 7.91. The van der Waals surface area contributed by atoms with Crippen molar-refractivity contribution in [3.8, 4) is 0 Å². The minimum Gasteiger partial charge on any atom is -0.354 e. The molecule has 2 N–H and O–H groups in total. The zero-order valence-electron chi connectivity index (χ0n) is 15.2. The molecule has 0 aliphatic carbocycles. The Hall–Kier alpha value is -2.77. The van der Waals surface area contributed by atoms with Crippen molar-refractivity contribution in [1.29, 1.82) is 0 Å². The fraction of sp³-hybridized carbons (Fsp3) is 0.421. The summed E-state index contributed by atoms with van der Waals surface area (Å²) in [5, 5.41) is 5.44. The predicted molar refractivity (Wildman–Crippen MR) is 97.2 cm³/mol. The van der Waals surface area contributed by atoms with Gasteiger partial charge in [-0.1, -0.05) is 43.7 Å². The van der Waals surface area contributed by atoms with Gasteiger partial charge in [-0.15, -0.1) is 0 Å². The second-order valence-electron chi connectivity index (χ2n) is 6.14. The maximum absolute atomic E-state index is 12.8. The summed E-state index contributed by atoms with van der Waals surface area (Å²) in [6.45, 7) is -0.580. The third-order valence-electron chi connectivity index (χ3n) is 4.04. The highest BCUT2D eigenvalue weighted by Crippen LogP contribution is 2.12. The standard InChI is InChI=1S/C19H24F2N4O2/c1-2-6-15(24-17(26)13-14-7-4-3-5-8-14)18(27)23-10-9-16-22-11-12-25(16)19(20)21/h3-5,7-8,11-12,15,19H,2,6,9-10,13H2,1H3,(H,23,27)(H,24,26). The number of aromatic nitrogens is 2. The minimum absolute atomic E-state index is 0.164. The molecule has 8 heteroatoms. The molecule has 1 aromatic carbocycles. The summed E-state index contributed by atoms with van der Waals surface area (Å²) in [5.74, 6) is -0.359. The van der Waals surface area contributed by atoms with Crippen molar-refractivity contribution >= 4 is 11.8 Å². The molecule has 6 nitrogen and oxygen atoms in total. The van der Waals surface area contributed by atoms with E-state index in [1.165, 1.54) is 12.4 Å². The molecule has 0 fully saturated rings. The molecule has 2 aromatic rings. The first-order valence-electron chi connectivity index (χ1n) is 8.92. The van der Waals surface area contributed by atoms with Crippen LogP contribution in [-0.2, 0) is 22.4 Å². The van der Waals surface area contributed by atoms with Crippen LogP contribution in [0.15, 0.2) is 42.7 Å². The topological polar surface area (TPSA) is 76.0 Å². The SMILES string of the molecule is CCCC(NC(=O)Cc1ccccc1)C(=O)NCCc1nccn1C(F)F. The van der Waals surface area contributed by atoms with Gasteiger partial charge in [-0.2, -0.15) is 8.78 Å². The molecule has 0 aliphatic rings. The lowest BCUT2D eigenvalue weighted by Gasteiger charge is -2.18. The molecule has 146 valence electrons. The first-order chi connectivity index (χ1) is 13.0. The number of hydrogen-bond acceptors (Lipinski definition) is 3. The second kappa shape index (κ2) is 10.4. The van der Waals surface area contributed by atoms with Gasteiger partial charge in [0, 0.05) is 25.4 Å². The van der Waals surface area contributed by atoms with Gasteiger partial charge in [0.15, 0.2) is 0 Å². The highest BCUT2D eigenvalue weighted by atomic mass is 19.3. The van der Waals surface area contributed by atoms with Gasteiger partial charge in [-0.3, -0.25) is 14.2 Å². The lowest BCUT2D eigenvalue weighted by molar-refractivity contribution is -0.128. The van der Waals surface area contributed by atoms with Crippen molar-refractivity contribution in [3.63, 3.8) is 0 Å². The van der Waals surface area contributed by atoms with Crippen LogP contribution in [0.1, 0.15) is 37.7 Å². The molecule has 0 saturated heterocycles. The van der Waals surface area contributed by atoms with Crippen molar-refractivity contribution in [2.75, 3.05) is 6.54 Å². The zero-order valence-corrected chi connectivity index (χ0v) is 15.2. The Balaban J connectivity index is 1.84. The number of carbonyl (C=O) groups excluding carboxylic acids is 2. The molecule has 1 aromatic heterocycles. The molecule has 1 heterocycles. The monoisotopic (exact) mass is 378 g/mol. The van der Waals surface area contributed by atoms with E-state index in [4.69, 9.17) is 0 Å². The van der Waals surface area contributed by atoms with Gasteiger partial charge in [0.25, 0.3) is 0 Å². The lowest BCUT2D eigenvalue weighted by atomic mass is 10.1. The number of alkyl halides is 2. The lowest BCUT2D eigenvalue weighted by Crippen LogP contribution is -2.47. The second-order valence-corrected chi connectivity index (χ2v) is 6.14. The number of nitrogens with zero attached hydrogens (tertiary/aromatic N) is 2. The molecule has 1 unspecified atom stereocenters. The van der Waals surface area contributed by atoms with E-state index < -0.39 is 12.6 Å². The average molecular weight is 378 g/mol. The van der Waals surface area contributed by atoms with Gasteiger partial charge in [-0.05, 0) is 12.0 Å². The first kappa shape index (κ1) is 20.5. The zero-order chi connectivity index (χ0) is 19.6. The van der Waals surface area contributed by atoms with Gasteiger partial charge in [0.1, 0.15) is 11.9 Å². The Morgan fingerprint density at radius 1 is 1.22 bits per heavy atom. The summed E-state index contributed by atoms with van der Waals surface area (Å²) < 4.78 is 26.3. The third-order valence-corrected chi connectivity index (χ3v) is 4.04. The van der Waals surface area contributed by atoms with Crippen LogP contribution in [0.25, 0.3) is 0 Å². The van der Waals surface area contributed by atoms with Crippen LogP contribution in [0.5, 0.6) is 0 Å². The molecule has 0 radical (unpaired) electrons. The van der Waals surface area contributed by atoms with E-state index in [-0.39, 0.29) is 37.0 Å². The van der Waals surface area contributed by atoms with Gasteiger partial charge in [0.05, 0.1) is 6.42 Å². The number of benzene rings is 1. The van der Waals surface area contributed by atoms with E-state index >= 15 is 0 Å². The molecular weight excluding hydrogens is 354 g/mol. The van der Waals surface area contributed by atoms with Crippen LogP contribution >= 0.6 is 0 Å². The maximum Gasteiger partial charge on any atom is 0.319 e. The largest absolute Gasteiger partial charge is 0.354 e. The highest BCUT2D eigenvalue weighted by Gasteiger charge is 2.20. The summed E-state index contributed by atoms with van der Waals surface area (Å²) >= 11 is 0. The van der Waals surface area contributed by atoms with Crippen molar-refractivity contribution in [2.24, 2.45) is 0 Å². The average Bonchev–Trinajstić information content (AvgIpc) is 3.11. The number of nitrogens with one attached hydrogen (secondary N) is 2. The van der Waals surface area contributed by atoms with Crippen LogP contribution in [0.2, 0.25) is 0 Å². The number of rotatable bonds is 10. The smallest absolute Gasteiger partial charge is 0.319 e. The van der Waals surface area contributed by atoms with Crippen LogP contribution in [-0.4, -0.2) is 34.0 Å². The number of amides is 2. The molecule has 0 aliphatic heterocycles. The molecule has 2 amide bonds. The van der Waals surface area contributed by atoms with E-state index in [1.54, 1.807) is 0 Å². The first-order valence-corrected chi connectivity index (χ1v) is 8.92. The van der Waals surface area contributed by atoms with Gasteiger partial charge >= 0.3 is 6.55 Å². The Morgan fingerprint density at radius 2 is 1.96 bits per heavy atom. The minimum atomic E-state index is -2.66. The van der Waals surface area contributed by atoms with E-state index in [1.807, 2.05) is 37.3 Å². The normalized spacial score (nSPS) is 12.0. The van der Waals surface area contributed by atoms with E-state index in [9.17, 15) is 18.4 Å². The van der Waals surface area contributed by atoms with Gasteiger partial charge in [0.2, 0.25) is 11.8 Å². The van der Waals surface area contributed by atoms with E-state index in [0.29, 0.717) is 6.42 Å². The summed E-state index contributed by atoms with van der Waals surface area (Å²) in [6, 6.07) is 8.61. The Morgan fingerprint density at radius 3 is 2.63 bits per heavy atom. The van der Waals surface area contributed by atoms with Crippen LogP contribution in [0.4, 0.5) is 8.78 Å². The molecule has 27 heavy (non-hydrogen) atoms. The highest BCUT2D eigenvalue weighted by molar-refractivity contribution is 5.88. The summed E-state index contributed by atoms with van der Waals surface area (Å²) in [5.41, 5.74) is 0.865. The third kappa shape index (κ3) is 6.47. The van der Waals surface area contributed by atoms with Crippen molar-refractivity contribution in [1.82, 2.24) is 20.2 Å². The molecule has 0 bridgehead atoms. The van der Waals surface area contributed by atoms with E-state index in [2.05, 4.69) is 15.6 Å². The van der Waals surface area contributed by atoms with Crippen LogP contribution < -0.4 is 10.6 Å². The maximum atomic E-state index is 12.8. The Labute approximate surface area is 157 Å². The van der Waals surface area contributed by atoms with Crippen molar-refractivity contribution in [3.05, 3.63) is 54.1 Å². The van der Waals surface area contributed by atoms with Gasteiger partial charge in [-0.25, -0.2) is 4.98 Å². The van der Waals surface area contributed by atoms with Crippen molar-refractivity contribution < 1.29 is 18.4 Å². The van der Waals surface area contributed by atoms with Crippen molar-refractivity contribution in [2.45, 2.75) is 45.2 Å². The molecular formula is C19H24F2N4O2. The number of carbonyl (C=O) groups is 2. The number of hydrogen-bond donors (Lipinski definition) is 2. The molecule has 2 rings (SSSR count). The fourth-order valence-electron chi connectivity index (χ4n) is 2.72. The summed E-state index contributed by atoms with van der Waals surface area (Å²) in [6.07, 6.45) is 4.09. The molecule has 1 atom stereocenters. The van der Waals surface area contributed by atoms with Crippen LogP contribution in [0, 0.1) is 0 Å². The predicted octanol–water partition coefficient (Wildman–Crippen LogP) is 2.46. The quantitative estimate of drug-likeness (QED) is 0.667. The fourth-order valence-corrected chi connectivity index (χ4v) is 2.72. The summed E-state index contributed by atoms with van der Waals surface area (Å²) in [7, 11) is 0. The number of halogens is 2. The van der Waals surface area contributed by atoms with Gasteiger partial charge < -0.3 is 10.6 Å². The van der Waals surface area contributed by atoms with Crippen LogP contribution in [0.3, 0.4) is 0 Å². The van der Waals surface area contributed by atoms with E-state index in [0.717, 1.165) is 16.6 Å². The molecule has 0 spiro atoms.